The Morgan fingerprint density at radius 1 is 1.44 bits per heavy atom. The van der Waals surface area contributed by atoms with Crippen molar-refractivity contribution in [2.45, 2.75) is 12.8 Å². The van der Waals surface area contributed by atoms with Crippen molar-refractivity contribution >= 4 is 17.9 Å². The zero-order valence-electron chi connectivity index (χ0n) is 9.95. The zero-order valence-corrected chi connectivity index (χ0v) is 9.95. The maximum atomic E-state index is 11.9. The summed E-state index contributed by atoms with van der Waals surface area (Å²) >= 11 is 0. The fourth-order valence-corrected chi connectivity index (χ4v) is 1.70. The van der Waals surface area contributed by atoms with E-state index >= 15 is 0 Å². The molecule has 1 aromatic rings. The van der Waals surface area contributed by atoms with Crippen LogP contribution in [0.25, 0.3) is 6.08 Å². The minimum atomic E-state index is -0.282. The number of aromatic nitrogens is 1. The van der Waals surface area contributed by atoms with Gasteiger partial charge in [-0.05, 0) is 36.6 Å². The van der Waals surface area contributed by atoms with Crippen LogP contribution in [0.4, 0.5) is 0 Å². The summed E-state index contributed by atoms with van der Waals surface area (Å²) in [7, 11) is 0. The van der Waals surface area contributed by atoms with Crippen LogP contribution in [0.5, 0.6) is 0 Å². The summed E-state index contributed by atoms with van der Waals surface area (Å²) in [6, 6.07) is 3.64. The van der Waals surface area contributed by atoms with Crippen LogP contribution in [0.15, 0.2) is 42.8 Å². The highest BCUT2D eigenvalue weighted by Crippen LogP contribution is 2.06. The molecule has 0 radical (unpaired) electrons. The smallest absolute Gasteiger partial charge is 0.253 e. The monoisotopic (exact) mass is 242 g/mol. The van der Waals surface area contributed by atoms with Gasteiger partial charge in [0, 0.05) is 25.0 Å². The molecule has 0 aromatic carbocycles. The summed E-state index contributed by atoms with van der Waals surface area (Å²) in [6.07, 6.45) is 11.3. The van der Waals surface area contributed by atoms with Gasteiger partial charge in [0.25, 0.3) is 11.8 Å². The van der Waals surface area contributed by atoms with Crippen LogP contribution >= 0.6 is 0 Å². The minimum Gasteiger partial charge on any atom is -0.275 e. The van der Waals surface area contributed by atoms with Crippen molar-refractivity contribution in [1.29, 1.82) is 0 Å². The van der Waals surface area contributed by atoms with Crippen LogP contribution in [0.2, 0.25) is 0 Å². The lowest BCUT2D eigenvalue weighted by molar-refractivity contribution is -0.138. The third-order valence-corrected chi connectivity index (χ3v) is 2.65. The predicted octanol–water partition coefficient (Wildman–Crippen LogP) is 1.80. The Bertz CT molecular complexity index is 492. The van der Waals surface area contributed by atoms with Crippen molar-refractivity contribution in [2.24, 2.45) is 0 Å². The number of amides is 2. The Hall–Kier alpha value is -2.23. The molecule has 1 aliphatic rings. The van der Waals surface area contributed by atoms with Gasteiger partial charge in [-0.15, -0.1) is 0 Å². The number of pyridine rings is 1. The van der Waals surface area contributed by atoms with Crippen molar-refractivity contribution in [3.8, 4) is 0 Å². The van der Waals surface area contributed by atoms with E-state index in [-0.39, 0.29) is 11.8 Å². The Balaban J connectivity index is 2.05. The number of carbonyl (C=O) groups is 2. The molecule has 1 aliphatic heterocycles. The fourth-order valence-electron chi connectivity index (χ4n) is 1.70. The van der Waals surface area contributed by atoms with Crippen molar-refractivity contribution in [3.63, 3.8) is 0 Å². The largest absolute Gasteiger partial charge is 0.275 e. The molecule has 1 aromatic heterocycles. The first-order chi connectivity index (χ1) is 8.77. The second-order valence-electron chi connectivity index (χ2n) is 3.99. The molecular weight excluding hydrogens is 228 g/mol. The Morgan fingerprint density at radius 3 is 3.11 bits per heavy atom. The maximum Gasteiger partial charge on any atom is 0.253 e. The molecule has 0 atom stereocenters. The molecule has 0 bridgehead atoms. The first kappa shape index (κ1) is 12.2. The number of imide groups is 1. The summed E-state index contributed by atoms with van der Waals surface area (Å²) in [4.78, 5) is 28.7. The van der Waals surface area contributed by atoms with Crippen molar-refractivity contribution < 1.29 is 9.59 Å². The molecule has 0 fully saturated rings. The van der Waals surface area contributed by atoms with Gasteiger partial charge in [-0.25, -0.2) is 0 Å². The summed E-state index contributed by atoms with van der Waals surface area (Å²) in [6.45, 7) is 0.474. The highest BCUT2D eigenvalue weighted by Gasteiger charge is 2.17. The second-order valence-corrected chi connectivity index (χ2v) is 3.99. The molecule has 92 valence electrons. The summed E-state index contributed by atoms with van der Waals surface area (Å²) < 4.78 is 0. The maximum absolute atomic E-state index is 11.9. The molecule has 2 amide bonds. The van der Waals surface area contributed by atoms with Gasteiger partial charge in [0.15, 0.2) is 0 Å². The van der Waals surface area contributed by atoms with Crippen LogP contribution in [0, 0.1) is 0 Å². The average Bonchev–Trinajstić information content (AvgIpc) is 2.62. The van der Waals surface area contributed by atoms with E-state index in [9.17, 15) is 9.59 Å². The molecule has 0 saturated carbocycles. The van der Waals surface area contributed by atoms with Crippen molar-refractivity contribution in [3.05, 3.63) is 48.3 Å². The van der Waals surface area contributed by atoms with Crippen LogP contribution < -0.4 is 0 Å². The van der Waals surface area contributed by atoms with Crippen molar-refractivity contribution in [2.75, 3.05) is 6.54 Å². The summed E-state index contributed by atoms with van der Waals surface area (Å²) in [5.41, 5.74) is 0.837. The molecule has 18 heavy (non-hydrogen) atoms. The lowest BCUT2D eigenvalue weighted by Gasteiger charge is -2.15. The van der Waals surface area contributed by atoms with E-state index in [2.05, 4.69) is 4.98 Å². The van der Waals surface area contributed by atoms with Gasteiger partial charge in [-0.2, -0.15) is 0 Å². The summed E-state index contributed by atoms with van der Waals surface area (Å²) in [5, 5.41) is 0. The lowest BCUT2D eigenvalue weighted by atomic mass is 10.2. The topological polar surface area (TPSA) is 50.3 Å². The van der Waals surface area contributed by atoms with Gasteiger partial charge in [0.05, 0.1) is 0 Å². The highest BCUT2D eigenvalue weighted by molar-refractivity contribution is 6.06. The average molecular weight is 242 g/mol. The van der Waals surface area contributed by atoms with Gasteiger partial charge < -0.3 is 0 Å². The molecule has 0 saturated heterocycles. The quantitative estimate of drug-likeness (QED) is 0.743. The molecule has 2 heterocycles. The molecule has 4 heteroatoms. The Morgan fingerprint density at radius 2 is 2.33 bits per heavy atom. The van der Waals surface area contributed by atoms with E-state index in [4.69, 9.17) is 0 Å². The van der Waals surface area contributed by atoms with E-state index in [0.717, 1.165) is 18.4 Å². The van der Waals surface area contributed by atoms with Gasteiger partial charge in [-0.3, -0.25) is 19.5 Å². The van der Waals surface area contributed by atoms with E-state index in [1.807, 2.05) is 6.07 Å². The normalized spacial score (nSPS) is 16.0. The van der Waals surface area contributed by atoms with Crippen LogP contribution in [0.1, 0.15) is 18.4 Å². The lowest BCUT2D eigenvalue weighted by Crippen LogP contribution is -2.34. The minimum absolute atomic E-state index is 0.242. The van der Waals surface area contributed by atoms with Crippen LogP contribution in [0.3, 0.4) is 0 Å². The number of nitrogens with zero attached hydrogens (tertiary/aromatic N) is 2. The van der Waals surface area contributed by atoms with Gasteiger partial charge in [-0.1, -0.05) is 12.1 Å². The van der Waals surface area contributed by atoms with Crippen molar-refractivity contribution in [1.82, 2.24) is 9.88 Å². The van der Waals surface area contributed by atoms with E-state index in [1.165, 1.54) is 17.1 Å². The van der Waals surface area contributed by atoms with Crippen LogP contribution in [-0.2, 0) is 9.59 Å². The summed E-state index contributed by atoms with van der Waals surface area (Å²) in [5.74, 6) is -0.524. The molecule has 0 spiro atoms. The molecule has 2 rings (SSSR count). The third kappa shape index (κ3) is 3.13. The highest BCUT2D eigenvalue weighted by atomic mass is 16.2. The number of carbonyl (C=O) groups excluding carboxylic acids is 2. The SMILES string of the molecule is O=C1C=CCCCN1C(=O)C=Cc1cccnc1. The van der Waals surface area contributed by atoms with Crippen LogP contribution in [-0.4, -0.2) is 28.2 Å². The first-order valence-electron chi connectivity index (χ1n) is 5.87. The molecule has 0 unspecified atom stereocenters. The van der Waals surface area contributed by atoms with Gasteiger partial charge in [0.1, 0.15) is 0 Å². The van der Waals surface area contributed by atoms with Gasteiger partial charge >= 0.3 is 0 Å². The predicted molar refractivity (Wildman–Crippen MR) is 68.4 cm³/mol. The first-order valence-corrected chi connectivity index (χ1v) is 5.87. The third-order valence-electron chi connectivity index (χ3n) is 2.65. The van der Waals surface area contributed by atoms with E-state index < -0.39 is 0 Å². The van der Waals surface area contributed by atoms with E-state index in [1.54, 1.807) is 30.6 Å². The number of hydrogen-bond acceptors (Lipinski definition) is 3. The number of hydrogen-bond donors (Lipinski definition) is 0. The van der Waals surface area contributed by atoms with E-state index in [0.29, 0.717) is 6.54 Å². The van der Waals surface area contributed by atoms with Gasteiger partial charge in [0.2, 0.25) is 0 Å². The standard InChI is InChI=1S/C14H14N2O2/c17-13-6-2-1-3-10-16(13)14(18)8-7-12-5-4-9-15-11-12/h2,4-9,11H,1,3,10H2. The molecule has 4 nitrogen and oxygen atoms in total. The second kappa shape index (κ2) is 5.91. The zero-order chi connectivity index (χ0) is 12.8. The Kier molecular flexibility index (Phi) is 4.02. The fraction of sp³-hybridized carbons (Fsp3) is 0.214. The number of rotatable bonds is 2. The number of allylic oxidation sites excluding steroid dienone is 1. The molecule has 0 aliphatic carbocycles. The molecular formula is C14H14N2O2. The molecule has 0 N–H and O–H groups in total. The Labute approximate surface area is 106 Å².